The second-order valence-corrected chi connectivity index (χ2v) is 40.3. The molecular weight excluding hydrogens is 1580 g/mol. The molecular formula is C111H179N13O4. The second kappa shape index (κ2) is 53.3. The molecule has 19 atom stereocenters. The zero-order chi connectivity index (χ0) is 90.7. The maximum absolute atomic E-state index is 10.7. The van der Waals surface area contributed by atoms with Gasteiger partial charge in [-0.15, -0.1) is 0 Å². The highest BCUT2D eigenvalue weighted by molar-refractivity contribution is 5.85. The fourth-order valence-corrected chi connectivity index (χ4v) is 20.3. The van der Waals surface area contributed by atoms with E-state index in [1.54, 1.807) is 4.90 Å². The number of fused-ring (bicyclic) bond motifs is 7. The first-order chi connectivity index (χ1) is 60.4. The number of allylic oxidation sites excluding steroid dienone is 3. The second-order valence-electron chi connectivity index (χ2n) is 40.3. The number of ether oxygens (including phenoxy) is 2. The SMILES string of the molecule is C.C.CC1C(c2ccccc2)CCN1C.CC1CC(O)CN1C.CC1CC(OCc2ccc3ccccc3n2)CN1C.CC1CC(Oc2ccccc2)CN1C.CC1CC2C=CC=CC2CN1C.CC1CC2CCCCC2N1C.CC1CCC(=O)N1C.CC1CCCCN1C.CC1CCN1C.CC1Cc2c([nH]c3ccccc23)CN1C.CC1c2ccccc2CCN1C. The first kappa shape index (κ1) is 107. The molecule has 5 aromatic carbocycles. The number of amides is 1. The number of carbonyl (C=O) groups is 1. The number of carbonyl (C=O) groups excluding carboxylic acids is 1. The molecule has 0 spiro atoms. The third-order valence-electron chi connectivity index (χ3n) is 31.1. The van der Waals surface area contributed by atoms with Crippen LogP contribution in [0.25, 0.3) is 21.8 Å². The number of nitrogens with one attached hydrogen (secondary N) is 1. The van der Waals surface area contributed by atoms with Crippen molar-refractivity contribution >= 4 is 27.7 Å². The summed E-state index contributed by atoms with van der Waals surface area (Å²) >= 11 is 0. The van der Waals surface area contributed by atoms with Gasteiger partial charge in [-0.25, -0.2) is 0 Å². The molecule has 17 nitrogen and oxygen atoms in total. The number of nitrogens with zero attached hydrogens (tertiary/aromatic N) is 12. The van der Waals surface area contributed by atoms with Crippen molar-refractivity contribution in [2.75, 3.05) is 130 Å². The lowest BCUT2D eigenvalue weighted by Crippen LogP contribution is -2.42. The minimum Gasteiger partial charge on any atom is -0.489 e. The fraction of sp³-hybridized carbons (Fsp3) is 0.640. The molecule has 712 valence electrons. The molecule has 13 aliphatic rings. The van der Waals surface area contributed by atoms with Crippen molar-refractivity contribution in [3.8, 4) is 5.75 Å². The van der Waals surface area contributed by atoms with Gasteiger partial charge in [-0.3, -0.25) is 24.5 Å². The van der Waals surface area contributed by atoms with Gasteiger partial charge in [-0.05, 0) is 320 Å². The number of H-pyrrole nitrogens is 1. The number of aromatic amines is 1. The van der Waals surface area contributed by atoms with E-state index in [1.807, 2.05) is 62.6 Å². The number of pyridine rings is 1. The quantitative estimate of drug-likeness (QED) is 0.164. The predicted octanol–water partition coefficient (Wildman–Crippen LogP) is 20.8. The molecule has 17 heteroatoms. The molecule has 11 aliphatic heterocycles. The topological polar surface area (TPSA) is 120 Å². The Morgan fingerprint density at radius 2 is 1.04 bits per heavy atom. The van der Waals surface area contributed by atoms with Crippen molar-refractivity contribution in [3.63, 3.8) is 0 Å². The summed E-state index contributed by atoms with van der Waals surface area (Å²) < 4.78 is 11.8. The van der Waals surface area contributed by atoms with Crippen molar-refractivity contribution < 1.29 is 19.4 Å². The van der Waals surface area contributed by atoms with Crippen LogP contribution in [-0.2, 0) is 35.5 Å². The third kappa shape index (κ3) is 31.8. The van der Waals surface area contributed by atoms with Gasteiger partial charge in [0.1, 0.15) is 11.9 Å². The number of hydrogen-bond acceptors (Lipinski definition) is 15. The maximum Gasteiger partial charge on any atom is 0.222 e. The number of benzene rings is 5. The number of β-amino-alcohol motifs (C(OH)–C–C–N with tert-alkyl or cyclic N) is 1. The molecule has 13 heterocycles. The molecule has 1 saturated carbocycles. The van der Waals surface area contributed by atoms with Gasteiger partial charge in [-0.2, -0.15) is 0 Å². The summed E-state index contributed by atoms with van der Waals surface area (Å²) in [6.07, 6.45) is 32.7. The van der Waals surface area contributed by atoms with E-state index in [2.05, 4.69) is 320 Å². The van der Waals surface area contributed by atoms with Crippen molar-refractivity contribution in [2.45, 2.75) is 316 Å². The van der Waals surface area contributed by atoms with E-state index in [0.717, 1.165) is 136 Å². The van der Waals surface area contributed by atoms with Crippen molar-refractivity contribution in [1.82, 2.24) is 63.9 Å². The van der Waals surface area contributed by atoms with Gasteiger partial charge in [0.25, 0.3) is 0 Å². The Balaban J connectivity index is 0.000000176. The van der Waals surface area contributed by atoms with Crippen LogP contribution < -0.4 is 4.74 Å². The highest BCUT2D eigenvalue weighted by Crippen LogP contribution is 2.39. The van der Waals surface area contributed by atoms with Gasteiger partial charge in [0, 0.05) is 160 Å². The van der Waals surface area contributed by atoms with E-state index in [0.29, 0.717) is 61.1 Å². The van der Waals surface area contributed by atoms with Crippen LogP contribution in [0, 0.1) is 17.8 Å². The van der Waals surface area contributed by atoms with Gasteiger partial charge in [-0.1, -0.05) is 174 Å². The molecule has 128 heavy (non-hydrogen) atoms. The Morgan fingerprint density at radius 3 is 1.61 bits per heavy atom. The van der Waals surface area contributed by atoms with Crippen molar-refractivity contribution in [1.29, 1.82) is 0 Å². The number of rotatable bonds is 6. The van der Waals surface area contributed by atoms with Crippen LogP contribution in [0.3, 0.4) is 0 Å². The van der Waals surface area contributed by atoms with Gasteiger partial charge in [0.05, 0.1) is 30.0 Å². The smallest absolute Gasteiger partial charge is 0.222 e. The Morgan fingerprint density at radius 1 is 0.453 bits per heavy atom. The average Bonchev–Trinajstić information content (AvgIpc) is 1.63. The molecule has 1 amide bonds. The number of aromatic nitrogens is 2. The zero-order valence-corrected chi connectivity index (χ0v) is 82.5. The van der Waals surface area contributed by atoms with Crippen molar-refractivity contribution in [2.24, 2.45) is 17.8 Å². The van der Waals surface area contributed by atoms with Crippen LogP contribution in [0.2, 0.25) is 0 Å². The summed E-state index contributed by atoms with van der Waals surface area (Å²) in [7, 11) is 23.7. The van der Waals surface area contributed by atoms with Gasteiger partial charge in [0.2, 0.25) is 5.91 Å². The Labute approximate surface area is 779 Å². The Kier molecular flexibility index (Phi) is 44.4. The summed E-state index contributed by atoms with van der Waals surface area (Å²) in [6.45, 7) is 35.7. The molecule has 2 aromatic heterocycles. The predicted molar refractivity (Wildman–Crippen MR) is 544 cm³/mol. The molecule has 10 fully saturated rings. The maximum atomic E-state index is 10.7. The number of para-hydroxylation sites is 3. The van der Waals surface area contributed by atoms with E-state index >= 15 is 0 Å². The minimum absolute atomic E-state index is 0. The van der Waals surface area contributed by atoms with E-state index in [4.69, 9.17) is 14.6 Å². The average molecular weight is 1760 g/mol. The Hall–Kier alpha value is -6.68. The van der Waals surface area contributed by atoms with E-state index in [1.165, 1.54) is 154 Å². The van der Waals surface area contributed by atoms with Gasteiger partial charge in [0.15, 0.2) is 0 Å². The lowest BCUT2D eigenvalue weighted by Gasteiger charge is -2.39. The fourth-order valence-electron chi connectivity index (χ4n) is 20.3. The molecule has 19 unspecified atom stereocenters. The lowest BCUT2D eigenvalue weighted by atomic mass is 9.80. The van der Waals surface area contributed by atoms with Crippen LogP contribution in [0.4, 0.5) is 0 Å². The molecule has 20 rings (SSSR count). The number of likely N-dealkylation sites (N-methyl/N-ethyl adjacent to an activating group) is 6. The highest BCUT2D eigenvalue weighted by Gasteiger charge is 2.38. The van der Waals surface area contributed by atoms with Crippen LogP contribution in [-0.4, -0.2) is 290 Å². The normalized spacial score (nSPS) is 30.4. The highest BCUT2D eigenvalue weighted by atomic mass is 16.5. The molecule has 2 aliphatic carbocycles. The molecule has 2 N–H and O–H groups in total. The Bertz CT molecular complexity index is 4280. The van der Waals surface area contributed by atoms with E-state index in [-0.39, 0.29) is 26.9 Å². The lowest BCUT2D eigenvalue weighted by molar-refractivity contribution is -0.127. The van der Waals surface area contributed by atoms with E-state index < -0.39 is 0 Å². The first-order valence-corrected chi connectivity index (χ1v) is 49.1. The summed E-state index contributed by atoms with van der Waals surface area (Å²) in [5.74, 6) is 4.64. The molecule has 0 bridgehead atoms. The number of hydrogen-bond donors (Lipinski definition) is 2. The van der Waals surface area contributed by atoms with Crippen LogP contribution in [0.5, 0.6) is 5.75 Å². The van der Waals surface area contributed by atoms with Crippen LogP contribution in [0.1, 0.15) is 239 Å². The van der Waals surface area contributed by atoms with Crippen LogP contribution in [0.15, 0.2) is 170 Å². The zero-order valence-electron chi connectivity index (χ0n) is 82.5. The minimum atomic E-state index is -0.0741. The summed E-state index contributed by atoms with van der Waals surface area (Å²) in [5.41, 5.74) is 10.8. The number of aliphatic hydroxyl groups excluding tert-OH is 1. The summed E-state index contributed by atoms with van der Waals surface area (Å²) in [5, 5.41) is 11.6. The number of aliphatic hydroxyl groups is 1. The standard InChI is InChI=1S/C16H20N2O.C13H16N2.C12H17NO.C12H17N.C11H17N.C11H15N.C10H19N.C7H15N.C6H13NO.C6H11NO.C5H11N.2CH4/c1-12-9-15(10-18(12)2)19-11-14-8-7-13-5-3-4-6-16(13)17-14;1-9-7-11-10-5-3-4-6-12(10)14-13(11)8-15(9)2;1-10-8-12(9-13(10)2)14-11-6-4-3-5-7-11;1-10-12(8-9-13(10)2)11-6-4-3-5-7-11;1-9-7-10-5-3-4-6-11(10)8-12(9)2;1-9-11-6-4-3-5-10(11)7-8-12(9)2;1-8-7-9-5-3-4-6-10(9)11(8)2;1-7-5-3-4-6-8(7)2;1-5-3-6(8)4-7(5)2;1-5-3-4-6(8)7(5)2;1-5-3-4-6(5)2;;/h3-8,12,15H,9-11H2,1-2H3;3-6,9,14H,7-8H2,1-2H3;3-7,10,12H,8-9H2,1-2H3;3-7,10,12H,8-9H2,1-2H3;3-6,9-11H,7-8H2,1-2H3;3-6,9H,7-8H2,1-2H3;8-10H,3-7H2,1-2H3;7H,3-6H2,1-2H3;5-6,8H,3-4H2,1-2H3;5H,3-4H2,1-2H3;5H,3-4H2,1-2H3;2*1H4. The first-order valence-electron chi connectivity index (χ1n) is 49.1. The third-order valence-corrected chi connectivity index (χ3v) is 31.1. The monoisotopic (exact) mass is 1760 g/mol. The molecule has 9 saturated heterocycles. The van der Waals surface area contributed by atoms with Gasteiger partial charge >= 0.3 is 0 Å². The largest absolute Gasteiger partial charge is 0.489 e. The van der Waals surface area contributed by atoms with E-state index in [9.17, 15) is 4.79 Å². The summed E-state index contributed by atoms with van der Waals surface area (Å²) in [6, 6.07) is 59.2. The van der Waals surface area contributed by atoms with Crippen LogP contribution >= 0.6 is 0 Å². The number of piperidine rings is 2. The van der Waals surface area contributed by atoms with Gasteiger partial charge < -0.3 is 58.8 Å². The molecule has 0 radical (unpaired) electrons. The molecule has 7 aromatic rings. The van der Waals surface area contributed by atoms with Crippen molar-refractivity contribution in [3.05, 3.63) is 204 Å². The number of likely N-dealkylation sites (tertiary alicyclic amines) is 9. The summed E-state index contributed by atoms with van der Waals surface area (Å²) in [4.78, 5) is 44.6.